The maximum atomic E-state index is 13.5. The first-order chi connectivity index (χ1) is 9.58. The second kappa shape index (κ2) is 6.16. The van der Waals surface area contributed by atoms with Crippen LogP contribution < -0.4 is 10.9 Å². The lowest BCUT2D eigenvalue weighted by atomic mass is 10.2. The highest BCUT2D eigenvalue weighted by Crippen LogP contribution is 2.14. The molecular formula is C14H10ClFN2O2. The van der Waals surface area contributed by atoms with Crippen LogP contribution in [-0.4, -0.2) is 11.8 Å². The van der Waals surface area contributed by atoms with Gasteiger partial charge in [-0.25, -0.2) is 4.39 Å². The largest absolute Gasteiger partial charge is 0.272 e. The molecule has 0 aliphatic carbocycles. The van der Waals surface area contributed by atoms with Gasteiger partial charge in [-0.15, -0.1) is 0 Å². The van der Waals surface area contributed by atoms with E-state index in [1.54, 1.807) is 30.3 Å². The van der Waals surface area contributed by atoms with Crippen molar-refractivity contribution in [1.29, 1.82) is 0 Å². The Kier molecular flexibility index (Phi) is 4.32. The molecule has 2 rings (SSSR count). The van der Waals surface area contributed by atoms with Crippen molar-refractivity contribution in [3.8, 4) is 0 Å². The minimum atomic E-state index is -0.761. The summed E-state index contributed by atoms with van der Waals surface area (Å²) in [6, 6.07) is 12.0. The molecule has 0 unspecified atom stereocenters. The van der Waals surface area contributed by atoms with Crippen molar-refractivity contribution in [1.82, 2.24) is 10.9 Å². The average molecular weight is 293 g/mol. The lowest BCUT2D eigenvalue weighted by molar-refractivity contribution is 0.0844. The minimum Gasteiger partial charge on any atom is -0.267 e. The second-order valence-corrected chi connectivity index (χ2v) is 4.33. The molecule has 4 nitrogen and oxygen atoms in total. The van der Waals surface area contributed by atoms with E-state index in [4.69, 9.17) is 11.6 Å². The quantitative estimate of drug-likeness (QED) is 0.836. The van der Waals surface area contributed by atoms with E-state index in [0.29, 0.717) is 5.56 Å². The van der Waals surface area contributed by atoms with Crippen molar-refractivity contribution in [2.24, 2.45) is 0 Å². The molecule has 20 heavy (non-hydrogen) atoms. The van der Waals surface area contributed by atoms with Crippen molar-refractivity contribution >= 4 is 23.4 Å². The van der Waals surface area contributed by atoms with Crippen molar-refractivity contribution in [3.63, 3.8) is 0 Å². The van der Waals surface area contributed by atoms with Crippen LogP contribution >= 0.6 is 11.6 Å². The zero-order valence-electron chi connectivity index (χ0n) is 10.2. The Morgan fingerprint density at radius 2 is 1.60 bits per heavy atom. The van der Waals surface area contributed by atoms with Gasteiger partial charge < -0.3 is 0 Å². The number of amides is 2. The predicted molar refractivity (Wildman–Crippen MR) is 72.8 cm³/mol. The third-order valence-electron chi connectivity index (χ3n) is 2.50. The van der Waals surface area contributed by atoms with Gasteiger partial charge in [-0.2, -0.15) is 0 Å². The molecular weight excluding hydrogens is 283 g/mol. The van der Waals surface area contributed by atoms with Gasteiger partial charge in [0, 0.05) is 10.6 Å². The minimum absolute atomic E-state index is 0.187. The van der Waals surface area contributed by atoms with Crippen LogP contribution in [0.2, 0.25) is 5.02 Å². The molecule has 0 bridgehead atoms. The zero-order valence-corrected chi connectivity index (χ0v) is 10.9. The highest BCUT2D eigenvalue weighted by molar-refractivity contribution is 6.30. The van der Waals surface area contributed by atoms with E-state index in [2.05, 4.69) is 10.9 Å². The van der Waals surface area contributed by atoms with Gasteiger partial charge in [-0.05, 0) is 30.3 Å². The number of rotatable bonds is 2. The topological polar surface area (TPSA) is 58.2 Å². The lowest BCUT2D eigenvalue weighted by Crippen LogP contribution is -2.41. The fourth-order valence-corrected chi connectivity index (χ4v) is 1.67. The number of halogens is 2. The first-order valence-corrected chi connectivity index (χ1v) is 6.06. The Morgan fingerprint density at radius 1 is 0.950 bits per heavy atom. The molecule has 0 saturated heterocycles. The molecule has 0 aromatic heterocycles. The monoisotopic (exact) mass is 292 g/mol. The number of hydrogen-bond acceptors (Lipinski definition) is 2. The first-order valence-electron chi connectivity index (χ1n) is 5.68. The van der Waals surface area contributed by atoms with Crippen molar-refractivity contribution in [2.75, 3.05) is 0 Å². The van der Waals surface area contributed by atoms with Crippen molar-refractivity contribution in [3.05, 3.63) is 70.5 Å². The molecule has 0 atom stereocenters. The van der Waals surface area contributed by atoms with Gasteiger partial charge >= 0.3 is 0 Å². The number of hydrazine groups is 1. The standard InChI is InChI=1S/C14H10ClFN2O2/c15-10-6-7-11(12(16)8-10)14(20)18-17-13(19)9-4-2-1-3-5-9/h1-8H,(H,17,19)(H,18,20). The summed E-state index contributed by atoms with van der Waals surface area (Å²) in [7, 11) is 0. The molecule has 2 aromatic rings. The molecule has 102 valence electrons. The highest BCUT2D eigenvalue weighted by atomic mass is 35.5. The average Bonchev–Trinajstić information content (AvgIpc) is 2.45. The van der Waals surface area contributed by atoms with E-state index >= 15 is 0 Å². The van der Waals surface area contributed by atoms with Gasteiger partial charge in [0.05, 0.1) is 5.56 Å². The number of benzene rings is 2. The van der Waals surface area contributed by atoms with Crippen LogP contribution in [0.3, 0.4) is 0 Å². The summed E-state index contributed by atoms with van der Waals surface area (Å²) >= 11 is 5.59. The van der Waals surface area contributed by atoms with E-state index in [-0.39, 0.29) is 10.6 Å². The fourth-order valence-electron chi connectivity index (χ4n) is 1.52. The molecule has 0 spiro atoms. The van der Waals surface area contributed by atoms with Crippen LogP contribution in [-0.2, 0) is 0 Å². The smallest absolute Gasteiger partial charge is 0.267 e. The molecule has 0 radical (unpaired) electrons. The molecule has 0 heterocycles. The fraction of sp³-hybridized carbons (Fsp3) is 0. The maximum absolute atomic E-state index is 13.5. The summed E-state index contributed by atoms with van der Waals surface area (Å²) in [6.45, 7) is 0. The maximum Gasteiger partial charge on any atom is 0.272 e. The van der Waals surface area contributed by atoms with Crippen molar-refractivity contribution in [2.45, 2.75) is 0 Å². The lowest BCUT2D eigenvalue weighted by Gasteiger charge is -2.08. The third kappa shape index (κ3) is 3.33. The summed E-state index contributed by atoms with van der Waals surface area (Å²) in [4.78, 5) is 23.4. The first kappa shape index (κ1) is 14.0. The summed E-state index contributed by atoms with van der Waals surface area (Å²) < 4.78 is 13.5. The highest BCUT2D eigenvalue weighted by Gasteiger charge is 2.13. The molecule has 2 aromatic carbocycles. The van der Waals surface area contributed by atoms with Crippen LogP contribution in [0.5, 0.6) is 0 Å². The van der Waals surface area contributed by atoms with Gasteiger partial charge in [0.2, 0.25) is 0 Å². The number of hydrogen-bond donors (Lipinski definition) is 2. The van der Waals surface area contributed by atoms with Gasteiger partial charge in [-0.1, -0.05) is 29.8 Å². The zero-order chi connectivity index (χ0) is 14.5. The Balaban J connectivity index is 2.00. The van der Waals surface area contributed by atoms with E-state index in [9.17, 15) is 14.0 Å². The molecule has 0 aliphatic heterocycles. The second-order valence-electron chi connectivity index (χ2n) is 3.90. The number of nitrogens with one attached hydrogen (secondary N) is 2. The van der Waals surface area contributed by atoms with Crippen LogP contribution in [0.15, 0.2) is 48.5 Å². The van der Waals surface area contributed by atoms with E-state index < -0.39 is 17.6 Å². The molecule has 2 N–H and O–H groups in total. The van der Waals surface area contributed by atoms with Gasteiger partial charge in [0.25, 0.3) is 11.8 Å². The van der Waals surface area contributed by atoms with Crippen LogP contribution in [0.25, 0.3) is 0 Å². The number of carbonyl (C=O) groups excluding carboxylic acids is 2. The van der Waals surface area contributed by atoms with Crippen LogP contribution in [0.4, 0.5) is 4.39 Å². The molecule has 0 saturated carbocycles. The normalized spacial score (nSPS) is 9.90. The Hall–Kier alpha value is -2.40. The van der Waals surface area contributed by atoms with E-state index in [1.165, 1.54) is 12.1 Å². The third-order valence-corrected chi connectivity index (χ3v) is 2.74. The van der Waals surface area contributed by atoms with E-state index in [0.717, 1.165) is 6.07 Å². The Bertz CT molecular complexity index is 647. The Labute approximate surface area is 119 Å². The molecule has 0 fully saturated rings. The number of carbonyl (C=O) groups is 2. The van der Waals surface area contributed by atoms with Gasteiger partial charge in [0.15, 0.2) is 0 Å². The summed E-state index contributed by atoms with van der Waals surface area (Å²) in [5, 5.41) is 0.187. The summed E-state index contributed by atoms with van der Waals surface area (Å²) in [5.41, 5.74) is 4.51. The van der Waals surface area contributed by atoms with Crippen LogP contribution in [0.1, 0.15) is 20.7 Å². The van der Waals surface area contributed by atoms with Crippen molar-refractivity contribution < 1.29 is 14.0 Å². The van der Waals surface area contributed by atoms with Gasteiger partial charge in [0.1, 0.15) is 5.82 Å². The summed E-state index contributed by atoms with van der Waals surface area (Å²) in [6.07, 6.45) is 0. The molecule has 2 amide bonds. The summed E-state index contributed by atoms with van der Waals surface area (Å²) in [5.74, 6) is -2.01. The molecule has 0 aliphatic rings. The van der Waals surface area contributed by atoms with Gasteiger partial charge in [-0.3, -0.25) is 20.4 Å². The Morgan fingerprint density at radius 3 is 2.25 bits per heavy atom. The van der Waals surface area contributed by atoms with Crippen LogP contribution in [0, 0.1) is 5.82 Å². The molecule has 6 heteroatoms. The SMILES string of the molecule is O=C(NNC(=O)c1ccc(Cl)cc1F)c1ccccc1. The van der Waals surface area contributed by atoms with E-state index in [1.807, 2.05) is 0 Å². The predicted octanol–water partition coefficient (Wildman–Crippen LogP) is 2.55.